The molecule has 2 heterocycles. The van der Waals surface area contributed by atoms with E-state index in [9.17, 15) is 9.90 Å². The summed E-state index contributed by atoms with van der Waals surface area (Å²) in [6.45, 7) is 0.872. The van der Waals surface area contributed by atoms with Gasteiger partial charge in [0.1, 0.15) is 0 Å². The molecule has 120 valence electrons. The van der Waals surface area contributed by atoms with Crippen LogP contribution in [0.1, 0.15) is 11.3 Å². The minimum Gasteiger partial charge on any atom is -0.465 e. The van der Waals surface area contributed by atoms with E-state index in [2.05, 4.69) is 0 Å². The zero-order valence-electron chi connectivity index (χ0n) is 13.1. The number of hydrogen-bond acceptors (Lipinski definition) is 2. The number of carbonyl (C=O) groups is 1. The highest BCUT2D eigenvalue weighted by molar-refractivity contribution is 5.69. The second-order valence-electron chi connectivity index (χ2n) is 5.84. The third-order valence-corrected chi connectivity index (χ3v) is 4.38. The molecule has 0 atom stereocenters. The third-order valence-electron chi connectivity index (χ3n) is 4.38. The van der Waals surface area contributed by atoms with Crippen LogP contribution in [0.4, 0.5) is 4.79 Å². The van der Waals surface area contributed by atoms with Crippen molar-refractivity contribution >= 4 is 6.09 Å². The first-order valence-electron chi connectivity index (χ1n) is 7.93. The summed E-state index contributed by atoms with van der Waals surface area (Å²) in [6, 6.07) is 19.9. The molecule has 4 rings (SSSR count). The van der Waals surface area contributed by atoms with Gasteiger partial charge in [0, 0.05) is 24.1 Å². The molecule has 1 aliphatic rings. The molecule has 0 radical (unpaired) electrons. The van der Waals surface area contributed by atoms with Crippen LogP contribution in [0, 0.1) is 0 Å². The molecule has 5 nitrogen and oxygen atoms in total. The number of aromatic nitrogens is 2. The summed E-state index contributed by atoms with van der Waals surface area (Å²) >= 11 is 0. The Labute approximate surface area is 139 Å². The summed E-state index contributed by atoms with van der Waals surface area (Å²) in [5, 5.41) is 14.2. The molecule has 0 aliphatic carbocycles. The van der Waals surface area contributed by atoms with E-state index >= 15 is 0 Å². The fourth-order valence-corrected chi connectivity index (χ4v) is 3.19. The molecule has 1 aromatic heterocycles. The molecule has 1 amide bonds. The van der Waals surface area contributed by atoms with E-state index in [-0.39, 0.29) is 0 Å². The van der Waals surface area contributed by atoms with Crippen LogP contribution < -0.4 is 0 Å². The minimum absolute atomic E-state index is 0.377. The average Bonchev–Trinajstić information content (AvgIpc) is 3.02. The standard InChI is InChI=1S/C19H17N3O2/c23-19(24)21-12-11-17-16(13-21)18(14-7-3-1-4-8-14)20-22(17)15-9-5-2-6-10-15/h1-10H,11-13H2,(H,23,24). The van der Waals surface area contributed by atoms with E-state index in [0.717, 1.165) is 28.2 Å². The van der Waals surface area contributed by atoms with Crippen molar-refractivity contribution in [3.8, 4) is 16.9 Å². The van der Waals surface area contributed by atoms with Crippen LogP contribution in [0.3, 0.4) is 0 Å². The van der Waals surface area contributed by atoms with Crippen molar-refractivity contribution in [1.29, 1.82) is 0 Å². The summed E-state index contributed by atoms with van der Waals surface area (Å²) in [5.74, 6) is 0. The number of nitrogens with zero attached hydrogens (tertiary/aromatic N) is 3. The predicted molar refractivity (Wildman–Crippen MR) is 91.1 cm³/mol. The summed E-state index contributed by atoms with van der Waals surface area (Å²) in [6.07, 6.45) is -0.219. The molecule has 0 fully saturated rings. The summed E-state index contributed by atoms with van der Waals surface area (Å²) in [4.78, 5) is 12.8. The van der Waals surface area contributed by atoms with Crippen molar-refractivity contribution in [3.05, 3.63) is 71.9 Å². The summed E-state index contributed by atoms with van der Waals surface area (Å²) in [7, 11) is 0. The lowest BCUT2D eigenvalue weighted by Gasteiger charge is -2.25. The molecule has 0 spiro atoms. The molecular formula is C19H17N3O2. The lowest BCUT2D eigenvalue weighted by molar-refractivity contribution is 0.139. The molecule has 0 saturated heterocycles. The Kier molecular flexibility index (Phi) is 3.54. The van der Waals surface area contributed by atoms with Gasteiger partial charge in [-0.15, -0.1) is 0 Å². The molecule has 24 heavy (non-hydrogen) atoms. The highest BCUT2D eigenvalue weighted by Gasteiger charge is 2.28. The van der Waals surface area contributed by atoms with Gasteiger partial charge in [0.15, 0.2) is 0 Å². The van der Waals surface area contributed by atoms with E-state index in [4.69, 9.17) is 5.10 Å². The number of rotatable bonds is 2. The maximum atomic E-state index is 11.4. The van der Waals surface area contributed by atoms with E-state index in [1.807, 2.05) is 65.3 Å². The van der Waals surface area contributed by atoms with Crippen molar-refractivity contribution in [2.24, 2.45) is 0 Å². The number of carboxylic acid groups (broad SMARTS) is 1. The van der Waals surface area contributed by atoms with Crippen molar-refractivity contribution in [1.82, 2.24) is 14.7 Å². The molecule has 1 N–H and O–H groups in total. The van der Waals surface area contributed by atoms with Crippen LogP contribution >= 0.6 is 0 Å². The Morgan fingerprint density at radius 3 is 2.33 bits per heavy atom. The van der Waals surface area contributed by atoms with Gasteiger partial charge in [0.05, 0.1) is 23.6 Å². The maximum Gasteiger partial charge on any atom is 0.407 e. The number of fused-ring (bicyclic) bond motifs is 1. The Morgan fingerprint density at radius 1 is 1.00 bits per heavy atom. The highest BCUT2D eigenvalue weighted by Crippen LogP contribution is 2.31. The van der Waals surface area contributed by atoms with Crippen LogP contribution in [-0.2, 0) is 13.0 Å². The molecular weight excluding hydrogens is 302 g/mol. The zero-order chi connectivity index (χ0) is 16.5. The number of hydrogen-bond donors (Lipinski definition) is 1. The molecule has 1 aliphatic heterocycles. The first kappa shape index (κ1) is 14.5. The second kappa shape index (κ2) is 5.85. The molecule has 3 aromatic rings. The average molecular weight is 319 g/mol. The van der Waals surface area contributed by atoms with Gasteiger partial charge in [-0.3, -0.25) is 0 Å². The second-order valence-corrected chi connectivity index (χ2v) is 5.84. The van der Waals surface area contributed by atoms with Gasteiger partial charge in [0.25, 0.3) is 0 Å². The van der Waals surface area contributed by atoms with E-state index in [1.54, 1.807) is 0 Å². The Morgan fingerprint density at radius 2 is 1.67 bits per heavy atom. The maximum absolute atomic E-state index is 11.4. The molecule has 2 aromatic carbocycles. The van der Waals surface area contributed by atoms with E-state index < -0.39 is 6.09 Å². The topological polar surface area (TPSA) is 58.4 Å². The zero-order valence-corrected chi connectivity index (χ0v) is 13.1. The van der Waals surface area contributed by atoms with Gasteiger partial charge in [-0.05, 0) is 12.1 Å². The Balaban J connectivity index is 1.88. The highest BCUT2D eigenvalue weighted by atomic mass is 16.4. The SMILES string of the molecule is O=C(O)N1CCc2c(c(-c3ccccc3)nn2-c2ccccc2)C1. The van der Waals surface area contributed by atoms with Crippen molar-refractivity contribution < 1.29 is 9.90 Å². The van der Waals surface area contributed by atoms with Crippen LogP contribution in [0.25, 0.3) is 16.9 Å². The van der Waals surface area contributed by atoms with Gasteiger partial charge in [-0.2, -0.15) is 5.10 Å². The van der Waals surface area contributed by atoms with Crippen LogP contribution in [0.5, 0.6) is 0 Å². The number of para-hydroxylation sites is 1. The smallest absolute Gasteiger partial charge is 0.407 e. The Hall–Kier alpha value is -3.08. The molecule has 0 bridgehead atoms. The molecule has 0 unspecified atom stereocenters. The largest absolute Gasteiger partial charge is 0.465 e. The van der Waals surface area contributed by atoms with Gasteiger partial charge < -0.3 is 10.0 Å². The fourth-order valence-electron chi connectivity index (χ4n) is 3.19. The quantitative estimate of drug-likeness (QED) is 0.785. The predicted octanol–water partition coefficient (Wildman–Crippen LogP) is 3.58. The lowest BCUT2D eigenvalue weighted by Crippen LogP contribution is -2.35. The van der Waals surface area contributed by atoms with Crippen molar-refractivity contribution in [2.75, 3.05) is 6.54 Å². The van der Waals surface area contributed by atoms with Crippen LogP contribution in [0.2, 0.25) is 0 Å². The van der Waals surface area contributed by atoms with Crippen LogP contribution in [0.15, 0.2) is 60.7 Å². The fraction of sp³-hybridized carbons (Fsp3) is 0.158. The number of amides is 1. The van der Waals surface area contributed by atoms with Gasteiger partial charge in [0.2, 0.25) is 0 Å². The van der Waals surface area contributed by atoms with Gasteiger partial charge in [-0.25, -0.2) is 9.48 Å². The summed E-state index contributed by atoms with van der Waals surface area (Å²) < 4.78 is 1.96. The molecule has 0 saturated carbocycles. The van der Waals surface area contributed by atoms with Crippen LogP contribution in [-0.4, -0.2) is 32.4 Å². The minimum atomic E-state index is -0.882. The first-order valence-corrected chi connectivity index (χ1v) is 7.93. The van der Waals surface area contributed by atoms with Crippen molar-refractivity contribution in [3.63, 3.8) is 0 Å². The monoisotopic (exact) mass is 319 g/mol. The normalized spacial score (nSPS) is 13.6. The Bertz CT molecular complexity index is 872. The van der Waals surface area contributed by atoms with E-state index in [0.29, 0.717) is 19.5 Å². The summed E-state index contributed by atoms with van der Waals surface area (Å²) in [5.41, 5.74) is 4.96. The van der Waals surface area contributed by atoms with E-state index in [1.165, 1.54) is 4.90 Å². The first-order chi connectivity index (χ1) is 11.7. The lowest BCUT2D eigenvalue weighted by atomic mass is 10.0. The van der Waals surface area contributed by atoms with Gasteiger partial charge >= 0.3 is 6.09 Å². The van der Waals surface area contributed by atoms with Gasteiger partial charge in [-0.1, -0.05) is 48.5 Å². The molecule has 5 heteroatoms. The number of benzene rings is 2. The van der Waals surface area contributed by atoms with Crippen molar-refractivity contribution in [2.45, 2.75) is 13.0 Å². The third kappa shape index (κ3) is 2.44.